The molecule has 1 aromatic rings. The number of fused-ring (bicyclic) bond motifs is 5. The standard InChI is InChI=1S/C18H24N3.C10H15N2.Pt/c1-7-8-11(2)14(19-6)15-13-12-9-10-18(5,17(12,3)4)16(13)21-20-15;1-3-6-9(11-2)10-7-4-5-8-12-10;/h7-8,12H,1,9-10H2,2-6H3;5-6,8H,3-4,7H2,1-2H3;/q2*-1;+2/b11-8+,19-14?;9-6-;. The van der Waals surface area contributed by atoms with E-state index in [4.69, 9.17) is 0 Å². The Labute approximate surface area is 220 Å². The molecule has 1 fully saturated rings. The maximum Gasteiger partial charge on any atom is 2.00 e. The molecule has 2 unspecified atom stereocenters. The van der Waals surface area contributed by atoms with E-state index >= 15 is 0 Å². The molecule has 4 rings (SSSR count). The van der Waals surface area contributed by atoms with Gasteiger partial charge in [0.2, 0.25) is 0 Å². The van der Waals surface area contributed by atoms with Crippen LogP contribution in [0.1, 0.15) is 89.6 Å². The van der Waals surface area contributed by atoms with Crippen molar-refractivity contribution in [2.75, 3.05) is 14.1 Å². The van der Waals surface area contributed by atoms with E-state index in [2.05, 4.69) is 78.8 Å². The first-order valence-corrected chi connectivity index (χ1v) is 12.1. The second-order valence-corrected chi connectivity index (χ2v) is 9.83. The molecule has 34 heavy (non-hydrogen) atoms. The van der Waals surface area contributed by atoms with E-state index in [9.17, 15) is 0 Å². The maximum absolute atomic E-state index is 4.57. The predicted octanol–water partition coefficient (Wildman–Crippen LogP) is 6.79. The van der Waals surface area contributed by atoms with Crippen molar-refractivity contribution >= 4 is 11.4 Å². The molecule has 0 spiro atoms. The van der Waals surface area contributed by atoms with Crippen LogP contribution in [-0.4, -0.2) is 30.6 Å². The summed E-state index contributed by atoms with van der Waals surface area (Å²) in [6, 6.07) is 0. The summed E-state index contributed by atoms with van der Waals surface area (Å²) in [5.41, 5.74) is 8.21. The summed E-state index contributed by atoms with van der Waals surface area (Å²) >= 11 is 0. The molecule has 0 amide bonds. The van der Waals surface area contributed by atoms with Gasteiger partial charge in [0, 0.05) is 35.8 Å². The van der Waals surface area contributed by atoms with Gasteiger partial charge in [0.1, 0.15) is 0 Å². The average Bonchev–Trinajstić information content (AvgIpc) is 3.39. The van der Waals surface area contributed by atoms with Crippen LogP contribution in [0.15, 0.2) is 58.3 Å². The fourth-order valence-electron chi connectivity index (χ4n) is 5.61. The monoisotopic (exact) mass is 640 g/mol. The van der Waals surface area contributed by atoms with E-state index < -0.39 is 0 Å². The third-order valence-electron chi connectivity index (χ3n) is 7.86. The minimum absolute atomic E-state index is 0. The Morgan fingerprint density at radius 3 is 2.65 bits per heavy atom. The molecule has 0 aromatic carbocycles. The summed E-state index contributed by atoms with van der Waals surface area (Å²) in [5, 5.41) is 13.3. The van der Waals surface area contributed by atoms with Gasteiger partial charge in [-0.25, -0.2) is 0 Å². The van der Waals surface area contributed by atoms with E-state index in [0.29, 0.717) is 5.92 Å². The molecule has 2 aliphatic carbocycles. The average molecular weight is 641 g/mol. The van der Waals surface area contributed by atoms with Crippen LogP contribution in [-0.2, 0) is 26.5 Å². The van der Waals surface area contributed by atoms with Crippen molar-refractivity contribution in [3.05, 3.63) is 70.6 Å². The van der Waals surface area contributed by atoms with Crippen LogP contribution in [0.2, 0.25) is 0 Å². The molecular formula is C28H39N5Pt. The molecule has 0 saturated heterocycles. The van der Waals surface area contributed by atoms with E-state index in [-0.39, 0.29) is 31.9 Å². The topological polar surface area (TPSA) is 65.8 Å². The van der Waals surface area contributed by atoms with Crippen molar-refractivity contribution in [3.63, 3.8) is 0 Å². The van der Waals surface area contributed by atoms with E-state index in [0.717, 1.165) is 47.6 Å². The first-order chi connectivity index (χ1) is 15.8. The van der Waals surface area contributed by atoms with Crippen LogP contribution < -0.4 is 5.10 Å². The summed E-state index contributed by atoms with van der Waals surface area (Å²) in [6.45, 7) is 15.1. The second-order valence-electron chi connectivity index (χ2n) is 9.83. The molecule has 5 nitrogen and oxygen atoms in total. The molecule has 1 aromatic heterocycles. The van der Waals surface area contributed by atoms with Crippen LogP contribution in [0.5, 0.6) is 0 Å². The van der Waals surface area contributed by atoms with Gasteiger partial charge in [-0.1, -0.05) is 64.3 Å². The van der Waals surface area contributed by atoms with E-state index in [1.807, 2.05) is 26.4 Å². The van der Waals surface area contributed by atoms with Gasteiger partial charge in [0.25, 0.3) is 0 Å². The second kappa shape index (κ2) is 11.6. The summed E-state index contributed by atoms with van der Waals surface area (Å²) in [4.78, 5) is 8.77. The van der Waals surface area contributed by atoms with Gasteiger partial charge in [-0.15, -0.1) is 12.7 Å². The van der Waals surface area contributed by atoms with Crippen molar-refractivity contribution in [2.24, 2.45) is 15.4 Å². The Bertz CT molecular complexity index is 1040. The zero-order chi connectivity index (χ0) is 24.2. The van der Waals surface area contributed by atoms with Crippen molar-refractivity contribution < 1.29 is 21.1 Å². The number of nitrogens with zero attached hydrogens (tertiary/aromatic N) is 5. The van der Waals surface area contributed by atoms with Crippen LogP contribution >= 0.6 is 0 Å². The maximum atomic E-state index is 4.57. The Morgan fingerprint density at radius 2 is 2.09 bits per heavy atom. The van der Waals surface area contributed by atoms with Gasteiger partial charge in [-0.2, -0.15) is 0 Å². The first-order valence-electron chi connectivity index (χ1n) is 12.1. The summed E-state index contributed by atoms with van der Waals surface area (Å²) in [5.74, 6) is 0.552. The Balaban J connectivity index is 0.000000270. The van der Waals surface area contributed by atoms with E-state index in [1.165, 1.54) is 24.1 Å². The molecule has 2 bridgehead atoms. The molecule has 6 heteroatoms. The molecule has 1 saturated carbocycles. The van der Waals surface area contributed by atoms with Gasteiger partial charge in [-0.05, 0) is 61.5 Å². The van der Waals surface area contributed by atoms with Gasteiger partial charge in [0.15, 0.2) is 0 Å². The quantitative estimate of drug-likeness (QED) is 0.254. The summed E-state index contributed by atoms with van der Waals surface area (Å²) in [7, 11) is 3.65. The first kappa shape index (κ1) is 28.2. The van der Waals surface area contributed by atoms with Gasteiger partial charge in [0.05, 0.1) is 0 Å². The van der Waals surface area contributed by atoms with Crippen molar-refractivity contribution in [3.8, 4) is 0 Å². The van der Waals surface area contributed by atoms with Crippen LogP contribution in [0.4, 0.5) is 0 Å². The Hall–Kier alpha value is -2.00. The molecular weight excluding hydrogens is 601 g/mol. The molecule has 1 aliphatic heterocycles. The van der Waals surface area contributed by atoms with Gasteiger partial charge < -0.3 is 15.5 Å². The van der Waals surface area contributed by atoms with Gasteiger partial charge >= 0.3 is 21.1 Å². The summed E-state index contributed by atoms with van der Waals surface area (Å²) in [6.07, 6.45) is 15.5. The minimum atomic E-state index is 0. The molecule has 186 valence electrons. The Kier molecular flexibility index (Phi) is 9.65. The minimum Gasteiger partial charge on any atom is -0.686 e. The fourth-order valence-corrected chi connectivity index (χ4v) is 5.61. The summed E-state index contributed by atoms with van der Waals surface area (Å²) < 4.78 is 0. The molecule has 0 N–H and O–H groups in total. The van der Waals surface area contributed by atoms with Crippen molar-refractivity contribution in [1.82, 2.24) is 10.2 Å². The van der Waals surface area contributed by atoms with Crippen molar-refractivity contribution in [2.45, 2.75) is 78.1 Å². The van der Waals surface area contributed by atoms with Crippen LogP contribution in [0.3, 0.4) is 0 Å². The predicted molar refractivity (Wildman–Crippen MR) is 141 cm³/mol. The number of rotatable bonds is 6. The zero-order valence-corrected chi connectivity index (χ0v) is 24.0. The zero-order valence-electron chi connectivity index (χ0n) is 21.8. The number of hydrogen-bond donors (Lipinski definition) is 0. The number of aliphatic imine (C=N–C) groups is 2. The van der Waals surface area contributed by atoms with Crippen LogP contribution in [0, 0.1) is 5.41 Å². The molecule has 3 aliphatic rings. The third kappa shape index (κ3) is 4.87. The molecule has 2 heterocycles. The SMILES string of the molecule is C=C/C=C(\C)C(=NC)c1[n-]nc2c1C1CCC2(C)C1(C)C.CC/C=C(\[N-]C)C1=NC=CCC1.[Pt+2]. The fraction of sp³-hybridized carbons (Fsp3) is 0.536. The number of hydrogen-bond acceptors (Lipinski definition) is 3. The van der Waals surface area contributed by atoms with Crippen molar-refractivity contribution in [1.29, 1.82) is 0 Å². The molecule has 0 radical (unpaired) electrons. The van der Waals surface area contributed by atoms with Gasteiger partial charge in [-0.3, -0.25) is 9.98 Å². The third-order valence-corrected chi connectivity index (χ3v) is 7.86. The Morgan fingerprint density at radius 1 is 1.35 bits per heavy atom. The smallest absolute Gasteiger partial charge is 0.686 e. The number of allylic oxidation sites excluding steroid dienone is 6. The number of aromatic nitrogens is 2. The normalized spacial score (nSPS) is 25.1. The molecule has 2 atom stereocenters. The largest absolute Gasteiger partial charge is 2.00 e. The van der Waals surface area contributed by atoms with E-state index in [1.54, 1.807) is 6.08 Å². The van der Waals surface area contributed by atoms with Crippen LogP contribution in [0.25, 0.3) is 5.32 Å².